The summed E-state index contributed by atoms with van der Waals surface area (Å²) >= 11 is 2.41. The first-order chi connectivity index (χ1) is 18.2. The van der Waals surface area contributed by atoms with Gasteiger partial charge in [0.1, 0.15) is 36.5 Å². The molecule has 15 nitrogen and oxygen atoms in total. The number of carboxylic acids is 1. The Kier molecular flexibility index (Phi) is 7.98. The second-order valence-corrected chi connectivity index (χ2v) is 10.1. The van der Waals surface area contributed by atoms with Gasteiger partial charge in [-0.25, -0.2) is 9.78 Å². The van der Waals surface area contributed by atoms with Crippen molar-refractivity contribution in [3.63, 3.8) is 0 Å². The van der Waals surface area contributed by atoms with Crippen molar-refractivity contribution >= 4 is 63.5 Å². The van der Waals surface area contributed by atoms with Gasteiger partial charge in [-0.15, -0.1) is 32.5 Å². The molecule has 2 aliphatic heterocycles. The number of nitrogen functional groups attached to an aromatic ring is 1. The van der Waals surface area contributed by atoms with E-state index in [2.05, 4.69) is 20.8 Å². The van der Waals surface area contributed by atoms with Crippen LogP contribution >= 0.6 is 23.1 Å². The predicted molar refractivity (Wildman–Crippen MR) is 136 cm³/mol. The average Bonchev–Trinajstić information content (AvgIpc) is 3.46. The number of carbonyl (C=O) groups is 4. The fourth-order valence-electron chi connectivity index (χ4n) is 4.13. The molecule has 2 aliphatic rings. The molecule has 17 heteroatoms. The summed E-state index contributed by atoms with van der Waals surface area (Å²) in [6, 6.07) is 0.644. The van der Waals surface area contributed by atoms with Gasteiger partial charge in [-0.1, -0.05) is 5.16 Å². The Labute approximate surface area is 223 Å². The highest BCUT2D eigenvalue weighted by atomic mass is 32.2. The molecule has 2 atom stereocenters. The SMILES string of the molecule is CON=C(C(=O)N[C@@H]1C(=O)N2C(C(=O)O)=C(C[n+]3ccc(NC(C)=O)n3CCO)CS[C@H]12)c1csc(N)n1. The molecular formula is C21H25N8O7S2+. The molecule has 38 heavy (non-hydrogen) atoms. The molecule has 2 aromatic heterocycles. The molecule has 2 aromatic rings. The largest absolute Gasteiger partial charge is 0.477 e. The summed E-state index contributed by atoms with van der Waals surface area (Å²) in [4.78, 5) is 59.6. The second kappa shape index (κ2) is 11.2. The Bertz CT molecular complexity index is 1350. The van der Waals surface area contributed by atoms with Crippen LogP contribution < -0.4 is 21.0 Å². The Morgan fingerprint density at radius 1 is 1.39 bits per heavy atom. The topological polar surface area (TPSA) is 205 Å². The number of hydrogen-bond acceptors (Lipinski definition) is 11. The molecule has 1 fully saturated rings. The Hall–Kier alpha value is -3.96. The Morgan fingerprint density at radius 2 is 2.16 bits per heavy atom. The highest BCUT2D eigenvalue weighted by molar-refractivity contribution is 8.00. The first-order valence-corrected chi connectivity index (χ1v) is 13.1. The van der Waals surface area contributed by atoms with Crippen LogP contribution in [0.25, 0.3) is 0 Å². The number of thiazole rings is 1. The van der Waals surface area contributed by atoms with E-state index in [1.54, 1.807) is 21.6 Å². The van der Waals surface area contributed by atoms with Crippen LogP contribution in [0.15, 0.2) is 34.1 Å². The molecule has 4 rings (SSSR count). The number of nitrogens with two attached hydrogens (primary N) is 1. The summed E-state index contributed by atoms with van der Waals surface area (Å²) < 4.78 is 3.25. The van der Waals surface area contributed by atoms with Gasteiger partial charge in [-0.2, -0.15) is 0 Å². The number of thioether (sulfide) groups is 1. The summed E-state index contributed by atoms with van der Waals surface area (Å²) in [7, 11) is 1.26. The van der Waals surface area contributed by atoms with Gasteiger partial charge in [0.05, 0.1) is 12.7 Å². The lowest BCUT2D eigenvalue weighted by molar-refractivity contribution is -0.767. The van der Waals surface area contributed by atoms with E-state index in [-0.39, 0.29) is 53.6 Å². The third kappa shape index (κ3) is 5.20. The van der Waals surface area contributed by atoms with Crippen molar-refractivity contribution in [3.05, 3.63) is 34.6 Å². The van der Waals surface area contributed by atoms with Crippen molar-refractivity contribution < 1.29 is 38.9 Å². The number of oxime groups is 1. The molecule has 0 radical (unpaired) electrons. The monoisotopic (exact) mass is 565 g/mol. The minimum absolute atomic E-state index is 0.0949. The van der Waals surface area contributed by atoms with Crippen molar-refractivity contribution in [2.24, 2.45) is 5.16 Å². The molecular weight excluding hydrogens is 540 g/mol. The fraction of sp³-hybridized carbons (Fsp3) is 0.381. The molecule has 0 bridgehead atoms. The number of aliphatic hydroxyl groups is 1. The van der Waals surface area contributed by atoms with Gasteiger partial charge in [0.15, 0.2) is 29.4 Å². The number of carboxylic acid groups (broad SMARTS) is 1. The minimum Gasteiger partial charge on any atom is -0.477 e. The third-order valence-corrected chi connectivity index (χ3v) is 7.67. The molecule has 6 N–H and O–H groups in total. The van der Waals surface area contributed by atoms with E-state index in [1.807, 2.05) is 0 Å². The van der Waals surface area contributed by atoms with Gasteiger partial charge in [0.2, 0.25) is 5.91 Å². The van der Waals surface area contributed by atoms with Crippen LogP contribution in [0.2, 0.25) is 0 Å². The number of aromatic nitrogens is 3. The number of fused-ring (bicyclic) bond motifs is 1. The van der Waals surface area contributed by atoms with Crippen molar-refractivity contribution in [2.75, 3.05) is 30.5 Å². The van der Waals surface area contributed by atoms with E-state index in [0.717, 1.165) is 16.2 Å². The van der Waals surface area contributed by atoms with E-state index in [1.165, 1.54) is 31.2 Å². The van der Waals surface area contributed by atoms with Gasteiger partial charge >= 0.3 is 5.97 Å². The van der Waals surface area contributed by atoms with Gasteiger partial charge in [0.25, 0.3) is 11.8 Å². The van der Waals surface area contributed by atoms with E-state index in [9.17, 15) is 29.4 Å². The standard InChI is InChI=1S/C21H24N8O7S2/c1-10(31)23-13-3-4-27(28(13)5-6-30)7-11-8-37-19-15(18(33)29(19)16(11)20(34)35)25-17(32)14(26-36-2)12-9-38-21(22)24-12/h3-4,9,15,19,30H,5-8H2,1-2H3,(H4,22,24,25,32,34,35)/p+1/t15-,19-/m1/s1. The number of rotatable bonds is 10. The maximum Gasteiger partial charge on any atom is 0.352 e. The lowest BCUT2D eigenvalue weighted by Gasteiger charge is -2.49. The van der Waals surface area contributed by atoms with Gasteiger partial charge in [-0.3, -0.25) is 19.3 Å². The molecule has 0 saturated carbocycles. The van der Waals surface area contributed by atoms with Crippen LogP contribution in [-0.2, 0) is 37.1 Å². The quantitative estimate of drug-likeness (QED) is 0.0981. The Morgan fingerprint density at radius 3 is 2.76 bits per heavy atom. The second-order valence-electron chi connectivity index (χ2n) is 8.14. The summed E-state index contributed by atoms with van der Waals surface area (Å²) in [5, 5.41) is 29.5. The summed E-state index contributed by atoms with van der Waals surface area (Å²) in [6.45, 7) is 1.39. The normalized spacial score (nSPS) is 19.1. The van der Waals surface area contributed by atoms with Gasteiger partial charge in [0, 0.05) is 23.6 Å². The van der Waals surface area contributed by atoms with E-state index in [4.69, 9.17) is 10.6 Å². The lowest BCUT2D eigenvalue weighted by Crippen LogP contribution is -2.71. The predicted octanol–water partition coefficient (Wildman–Crippen LogP) is -1.45. The van der Waals surface area contributed by atoms with Crippen molar-refractivity contribution in [1.82, 2.24) is 19.9 Å². The number of aliphatic carboxylic acids is 1. The van der Waals surface area contributed by atoms with Crippen molar-refractivity contribution in [2.45, 2.75) is 31.4 Å². The number of anilines is 2. The Balaban J connectivity index is 1.55. The van der Waals surface area contributed by atoms with Crippen molar-refractivity contribution in [1.29, 1.82) is 0 Å². The average molecular weight is 566 g/mol. The van der Waals surface area contributed by atoms with Crippen LogP contribution in [0, 0.1) is 0 Å². The first kappa shape index (κ1) is 27.1. The third-order valence-electron chi connectivity index (χ3n) is 5.66. The van der Waals surface area contributed by atoms with Crippen LogP contribution in [0.4, 0.5) is 10.9 Å². The highest BCUT2D eigenvalue weighted by Gasteiger charge is 2.55. The maximum atomic E-state index is 13.1. The highest BCUT2D eigenvalue weighted by Crippen LogP contribution is 2.40. The van der Waals surface area contributed by atoms with Gasteiger partial charge < -0.3 is 31.4 Å². The number of aliphatic hydroxyl groups excluding tert-OH is 1. The molecule has 0 spiro atoms. The van der Waals surface area contributed by atoms with E-state index < -0.39 is 29.2 Å². The molecule has 0 unspecified atom stereocenters. The molecule has 3 amide bonds. The molecule has 4 heterocycles. The zero-order valence-corrected chi connectivity index (χ0v) is 21.9. The van der Waals surface area contributed by atoms with E-state index in [0.29, 0.717) is 11.4 Å². The number of amides is 3. The maximum absolute atomic E-state index is 13.1. The zero-order chi connectivity index (χ0) is 27.6. The van der Waals surface area contributed by atoms with Crippen LogP contribution in [0.1, 0.15) is 12.6 Å². The zero-order valence-electron chi connectivity index (χ0n) is 20.3. The summed E-state index contributed by atoms with van der Waals surface area (Å²) in [6.07, 6.45) is 1.65. The number of hydrogen-bond donors (Lipinski definition) is 5. The van der Waals surface area contributed by atoms with Crippen molar-refractivity contribution in [3.8, 4) is 0 Å². The molecule has 0 aromatic carbocycles. The summed E-state index contributed by atoms with van der Waals surface area (Å²) in [5.74, 6) is -2.20. The lowest BCUT2D eigenvalue weighted by atomic mass is 10.0. The first-order valence-electron chi connectivity index (χ1n) is 11.2. The molecule has 202 valence electrons. The van der Waals surface area contributed by atoms with Gasteiger partial charge in [-0.05, 0) is 0 Å². The number of β-lactam (4-membered cyclic amide) rings is 1. The minimum atomic E-state index is -1.29. The summed E-state index contributed by atoms with van der Waals surface area (Å²) in [5.41, 5.74) is 5.93. The van der Waals surface area contributed by atoms with Crippen LogP contribution in [-0.4, -0.2) is 85.1 Å². The number of nitrogens with zero attached hydrogens (tertiary/aromatic N) is 5. The molecule has 0 aliphatic carbocycles. The van der Waals surface area contributed by atoms with Crippen LogP contribution in [0.5, 0.6) is 0 Å². The number of nitrogens with one attached hydrogen (secondary N) is 2. The smallest absolute Gasteiger partial charge is 0.352 e. The molecule has 1 saturated heterocycles. The van der Waals surface area contributed by atoms with Crippen LogP contribution in [0.3, 0.4) is 0 Å². The van der Waals surface area contributed by atoms with E-state index >= 15 is 0 Å². The number of carbonyl (C=O) groups excluding carboxylic acids is 3. The fourth-order valence-corrected chi connectivity index (χ4v) is 6.01.